The van der Waals surface area contributed by atoms with Crippen molar-refractivity contribution in [1.29, 1.82) is 0 Å². The first-order valence-electron chi connectivity index (χ1n) is 7.81. The number of amidine groups is 1. The van der Waals surface area contributed by atoms with Gasteiger partial charge in [0.15, 0.2) is 5.17 Å². The van der Waals surface area contributed by atoms with Crippen LogP contribution in [0.15, 0.2) is 58.4 Å². The fraction of sp³-hybridized carbons (Fsp3) is 0.111. The molecule has 7 nitrogen and oxygen atoms in total. The number of non-ortho nitro benzene ring substituents is 1. The highest BCUT2D eigenvalue weighted by molar-refractivity contribution is 8.18. The molecule has 2 aromatic carbocycles. The van der Waals surface area contributed by atoms with E-state index in [2.05, 4.69) is 4.99 Å². The van der Waals surface area contributed by atoms with Gasteiger partial charge in [0, 0.05) is 18.7 Å². The largest absolute Gasteiger partial charge is 0.508 e. The molecule has 0 spiro atoms. The highest BCUT2D eigenvalue weighted by atomic mass is 32.2. The minimum Gasteiger partial charge on any atom is -0.508 e. The molecular weight excluding hydrogens is 354 g/mol. The third-order valence-corrected chi connectivity index (χ3v) is 4.66. The maximum atomic E-state index is 12.6. The lowest BCUT2D eigenvalue weighted by atomic mass is 10.2. The standard InChI is InChI=1S/C18H15N3O4S/c1-2-20-17(23)16(11-12-4-3-5-14(10-12)21(24)25)26-18(20)19-13-6-8-15(22)9-7-13/h3-11,22H,2H2,1H3/b16-11-,19-18?. The molecule has 0 atom stereocenters. The molecule has 0 bridgehead atoms. The molecule has 132 valence electrons. The Kier molecular flexibility index (Phi) is 5.04. The third kappa shape index (κ3) is 3.75. The van der Waals surface area contributed by atoms with E-state index in [1.807, 2.05) is 6.92 Å². The molecule has 3 rings (SSSR count). The smallest absolute Gasteiger partial charge is 0.270 e. The van der Waals surface area contributed by atoms with Crippen molar-refractivity contribution in [2.45, 2.75) is 6.92 Å². The number of aromatic hydroxyl groups is 1. The summed E-state index contributed by atoms with van der Waals surface area (Å²) in [5.74, 6) is -0.0516. The van der Waals surface area contributed by atoms with Gasteiger partial charge < -0.3 is 5.11 Å². The van der Waals surface area contributed by atoms with Crippen LogP contribution in [0.25, 0.3) is 6.08 Å². The molecule has 26 heavy (non-hydrogen) atoms. The topological polar surface area (TPSA) is 96.0 Å². The molecule has 1 heterocycles. The zero-order valence-corrected chi connectivity index (χ0v) is 14.6. The summed E-state index contributed by atoms with van der Waals surface area (Å²) in [4.78, 5) is 29.5. The van der Waals surface area contributed by atoms with Crippen LogP contribution in [0.4, 0.5) is 11.4 Å². The zero-order chi connectivity index (χ0) is 18.7. The van der Waals surface area contributed by atoms with Crippen molar-refractivity contribution in [2.24, 2.45) is 4.99 Å². The van der Waals surface area contributed by atoms with Gasteiger partial charge in [-0.15, -0.1) is 0 Å². The van der Waals surface area contributed by atoms with Crippen molar-refractivity contribution >= 4 is 40.3 Å². The molecule has 1 aliphatic heterocycles. The van der Waals surface area contributed by atoms with Gasteiger partial charge >= 0.3 is 0 Å². The van der Waals surface area contributed by atoms with Crippen LogP contribution in [-0.4, -0.2) is 32.5 Å². The molecular formula is C18H15N3O4S. The first kappa shape index (κ1) is 17.7. The Balaban J connectivity index is 1.92. The average molecular weight is 369 g/mol. The van der Waals surface area contributed by atoms with Gasteiger partial charge in [0.1, 0.15) is 5.75 Å². The number of phenols is 1. The van der Waals surface area contributed by atoms with Gasteiger partial charge in [-0.2, -0.15) is 0 Å². The number of nitrogens with zero attached hydrogens (tertiary/aromatic N) is 3. The lowest BCUT2D eigenvalue weighted by molar-refractivity contribution is -0.384. The number of nitro groups is 1. The van der Waals surface area contributed by atoms with Gasteiger partial charge in [0.05, 0.1) is 15.5 Å². The van der Waals surface area contributed by atoms with Crippen molar-refractivity contribution < 1.29 is 14.8 Å². The van der Waals surface area contributed by atoms with Crippen LogP contribution in [0.2, 0.25) is 0 Å². The summed E-state index contributed by atoms with van der Waals surface area (Å²) in [7, 11) is 0. The zero-order valence-electron chi connectivity index (χ0n) is 13.8. The SMILES string of the molecule is CCN1C(=O)/C(=C/c2cccc([N+](=O)[O-])c2)SC1=Nc1ccc(O)cc1. The number of thioether (sulfide) groups is 1. The van der Waals surface area contributed by atoms with Gasteiger partial charge in [-0.05, 0) is 54.6 Å². The van der Waals surface area contributed by atoms with E-state index in [9.17, 15) is 20.0 Å². The number of rotatable bonds is 4. The molecule has 1 saturated heterocycles. The van der Waals surface area contributed by atoms with Crippen molar-refractivity contribution in [2.75, 3.05) is 6.54 Å². The normalized spacial score (nSPS) is 17.3. The van der Waals surface area contributed by atoms with Crippen molar-refractivity contribution in [3.63, 3.8) is 0 Å². The first-order chi connectivity index (χ1) is 12.5. The maximum Gasteiger partial charge on any atom is 0.270 e. The molecule has 8 heteroatoms. The van der Waals surface area contributed by atoms with Crippen LogP contribution in [0, 0.1) is 10.1 Å². The van der Waals surface area contributed by atoms with E-state index in [0.29, 0.717) is 27.9 Å². The number of hydrogen-bond donors (Lipinski definition) is 1. The van der Waals surface area contributed by atoms with Crippen molar-refractivity contribution in [3.05, 3.63) is 69.1 Å². The predicted octanol–water partition coefficient (Wildman–Crippen LogP) is 3.92. The fourth-order valence-corrected chi connectivity index (χ4v) is 3.45. The Hall–Kier alpha value is -3.13. The molecule has 0 aromatic heterocycles. The van der Waals surface area contributed by atoms with E-state index in [-0.39, 0.29) is 17.3 Å². The van der Waals surface area contributed by atoms with E-state index < -0.39 is 4.92 Å². The van der Waals surface area contributed by atoms with E-state index >= 15 is 0 Å². The molecule has 0 radical (unpaired) electrons. The lowest BCUT2D eigenvalue weighted by Crippen LogP contribution is -2.28. The Morgan fingerprint density at radius 1 is 1.27 bits per heavy atom. The molecule has 0 saturated carbocycles. The van der Waals surface area contributed by atoms with Crippen LogP contribution in [0.5, 0.6) is 5.75 Å². The highest BCUT2D eigenvalue weighted by Crippen LogP contribution is 2.34. The van der Waals surface area contributed by atoms with Crippen LogP contribution >= 0.6 is 11.8 Å². The van der Waals surface area contributed by atoms with Crippen molar-refractivity contribution in [3.8, 4) is 5.75 Å². The minimum absolute atomic E-state index is 0.0277. The Morgan fingerprint density at radius 2 is 2.00 bits per heavy atom. The summed E-state index contributed by atoms with van der Waals surface area (Å²) in [6.45, 7) is 2.30. The summed E-state index contributed by atoms with van der Waals surface area (Å²) in [6, 6.07) is 12.5. The molecule has 0 aliphatic carbocycles. The third-order valence-electron chi connectivity index (χ3n) is 3.66. The molecule has 1 N–H and O–H groups in total. The van der Waals surface area contributed by atoms with Gasteiger partial charge in [-0.1, -0.05) is 12.1 Å². The highest BCUT2D eigenvalue weighted by Gasteiger charge is 2.32. The van der Waals surface area contributed by atoms with E-state index in [1.165, 1.54) is 36.0 Å². The Bertz CT molecular complexity index is 922. The predicted molar refractivity (Wildman–Crippen MR) is 101 cm³/mol. The van der Waals surface area contributed by atoms with Crippen LogP contribution in [0.3, 0.4) is 0 Å². The number of benzene rings is 2. The lowest BCUT2D eigenvalue weighted by Gasteiger charge is -2.11. The number of carbonyl (C=O) groups excluding carboxylic acids is 1. The monoisotopic (exact) mass is 369 g/mol. The number of carbonyl (C=O) groups is 1. The van der Waals surface area contributed by atoms with E-state index in [4.69, 9.17) is 0 Å². The second-order valence-electron chi connectivity index (χ2n) is 5.42. The van der Waals surface area contributed by atoms with Crippen molar-refractivity contribution in [1.82, 2.24) is 4.90 Å². The second-order valence-corrected chi connectivity index (χ2v) is 6.43. The second kappa shape index (κ2) is 7.40. The number of amides is 1. The van der Waals surface area contributed by atoms with Gasteiger partial charge in [0.2, 0.25) is 0 Å². The number of nitro benzene ring substituents is 1. The number of likely N-dealkylation sites (N-methyl/N-ethyl adjacent to an activating group) is 1. The summed E-state index contributed by atoms with van der Waals surface area (Å²) >= 11 is 1.21. The first-order valence-corrected chi connectivity index (χ1v) is 8.63. The maximum absolute atomic E-state index is 12.6. The summed E-state index contributed by atoms with van der Waals surface area (Å²) in [5, 5.41) is 20.8. The number of phenolic OH excluding ortho intramolecular Hbond substituents is 1. The molecule has 0 unspecified atom stereocenters. The van der Waals surface area contributed by atoms with Crippen LogP contribution in [-0.2, 0) is 4.79 Å². The van der Waals surface area contributed by atoms with Gasteiger partial charge in [-0.25, -0.2) is 4.99 Å². The van der Waals surface area contributed by atoms with E-state index in [0.717, 1.165) is 0 Å². The molecule has 1 aliphatic rings. The Morgan fingerprint density at radius 3 is 2.65 bits per heavy atom. The van der Waals surface area contributed by atoms with Crippen LogP contribution in [0.1, 0.15) is 12.5 Å². The number of aliphatic imine (C=N–C) groups is 1. The van der Waals surface area contributed by atoms with E-state index in [1.54, 1.807) is 35.2 Å². The summed E-state index contributed by atoms with van der Waals surface area (Å²) in [5.41, 5.74) is 1.17. The van der Waals surface area contributed by atoms with Gasteiger partial charge in [-0.3, -0.25) is 19.8 Å². The summed E-state index contributed by atoms with van der Waals surface area (Å²) < 4.78 is 0. The average Bonchev–Trinajstić information content (AvgIpc) is 2.91. The minimum atomic E-state index is -0.471. The Labute approximate surface area is 153 Å². The summed E-state index contributed by atoms with van der Waals surface area (Å²) in [6.07, 6.45) is 1.63. The molecule has 1 fully saturated rings. The quantitative estimate of drug-likeness (QED) is 0.500. The van der Waals surface area contributed by atoms with Crippen LogP contribution < -0.4 is 0 Å². The van der Waals surface area contributed by atoms with Gasteiger partial charge in [0.25, 0.3) is 11.6 Å². The molecule has 1 amide bonds. The number of hydrogen-bond acceptors (Lipinski definition) is 6. The molecule has 2 aromatic rings. The fourth-order valence-electron chi connectivity index (χ4n) is 2.39.